The van der Waals surface area contributed by atoms with Crippen molar-refractivity contribution in [3.63, 3.8) is 0 Å². The van der Waals surface area contributed by atoms with E-state index in [-0.39, 0.29) is 11.3 Å². The van der Waals surface area contributed by atoms with E-state index >= 15 is 0 Å². The second-order valence-electron chi connectivity index (χ2n) is 4.07. The molecule has 0 aliphatic heterocycles. The summed E-state index contributed by atoms with van der Waals surface area (Å²) in [6, 6.07) is 13.0. The summed E-state index contributed by atoms with van der Waals surface area (Å²) in [6.07, 6.45) is 2.29. The Hall–Kier alpha value is -2.77. The molecule has 0 bridgehead atoms. The molecule has 2 rings (SSSR count). The Bertz CT molecular complexity index is 602. The first-order valence-electron chi connectivity index (χ1n) is 5.60. The van der Waals surface area contributed by atoms with Gasteiger partial charge in [-0.1, -0.05) is 18.2 Å². The summed E-state index contributed by atoms with van der Waals surface area (Å²) >= 11 is 0. The maximum atomic E-state index is 8.99. The minimum Gasteiger partial charge on any atom is -0.345 e. The molecule has 1 aliphatic rings. The summed E-state index contributed by atoms with van der Waals surface area (Å²) < 4.78 is 0. The molecular formula is C14H10N4. The van der Waals surface area contributed by atoms with Crippen molar-refractivity contribution in [3.05, 3.63) is 41.1 Å². The van der Waals surface area contributed by atoms with E-state index in [0.29, 0.717) is 5.92 Å². The molecule has 1 fully saturated rings. The number of rotatable bonds is 3. The average molecular weight is 234 g/mol. The first-order chi connectivity index (χ1) is 8.80. The zero-order valence-corrected chi connectivity index (χ0v) is 9.64. The number of nitrogens with one attached hydrogen (secondary N) is 1. The quantitative estimate of drug-likeness (QED) is 0.815. The van der Waals surface area contributed by atoms with Crippen molar-refractivity contribution in [2.45, 2.75) is 18.8 Å². The first-order valence-corrected chi connectivity index (χ1v) is 5.60. The topological polar surface area (TPSA) is 83.4 Å². The lowest BCUT2D eigenvalue weighted by Gasteiger charge is -2.10. The van der Waals surface area contributed by atoms with Crippen LogP contribution in [0.1, 0.15) is 24.3 Å². The van der Waals surface area contributed by atoms with Crippen LogP contribution in [-0.4, -0.2) is 0 Å². The Morgan fingerprint density at radius 1 is 1.06 bits per heavy atom. The van der Waals surface area contributed by atoms with Crippen molar-refractivity contribution in [3.8, 4) is 18.2 Å². The van der Waals surface area contributed by atoms with Gasteiger partial charge in [-0.3, -0.25) is 0 Å². The molecular weight excluding hydrogens is 224 g/mol. The highest BCUT2D eigenvalue weighted by Crippen LogP contribution is 2.43. The van der Waals surface area contributed by atoms with Gasteiger partial charge in [0.05, 0.1) is 0 Å². The molecule has 0 heterocycles. The van der Waals surface area contributed by atoms with Crippen molar-refractivity contribution >= 4 is 5.69 Å². The Morgan fingerprint density at radius 3 is 2.28 bits per heavy atom. The maximum absolute atomic E-state index is 8.99. The number of para-hydroxylation sites is 1. The molecule has 1 aromatic rings. The second-order valence-corrected chi connectivity index (χ2v) is 4.07. The summed E-state index contributed by atoms with van der Waals surface area (Å²) in [6.45, 7) is 0. The standard InChI is InChI=1S/C14H10N4/c15-7-11(8-16)14(9-17)18-13-4-2-1-3-12(13)10-5-6-10/h1-4,10,18H,5-6H2. The van der Waals surface area contributed by atoms with Gasteiger partial charge in [-0.05, 0) is 30.4 Å². The molecule has 1 saturated carbocycles. The fourth-order valence-corrected chi connectivity index (χ4v) is 1.78. The molecule has 0 aromatic heterocycles. The largest absolute Gasteiger partial charge is 0.345 e. The van der Waals surface area contributed by atoms with Crippen LogP contribution in [0.5, 0.6) is 0 Å². The van der Waals surface area contributed by atoms with Crippen LogP contribution < -0.4 is 5.32 Å². The van der Waals surface area contributed by atoms with E-state index in [1.54, 1.807) is 12.1 Å². The highest BCUT2D eigenvalue weighted by molar-refractivity contribution is 5.62. The van der Waals surface area contributed by atoms with E-state index in [4.69, 9.17) is 15.8 Å². The molecule has 4 heteroatoms. The highest BCUT2D eigenvalue weighted by Gasteiger charge is 2.26. The third-order valence-corrected chi connectivity index (χ3v) is 2.82. The van der Waals surface area contributed by atoms with Gasteiger partial charge in [-0.15, -0.1) is 0 Å². The third kappa shape index (κ3) is 2.32. The van der Waals surface area contributed by atoms with Crippen LogP contribution in [0.25, 0.3) is 0 Å². The molecule has 4 nitrogen and oxygen atoms in total. The van der Waals surface area contributed by atoms with Crippen LogP contribution in [0, 0.1) is 34.0 Å². The monoisotopic (exact) mass is 234 g/mol. The lowest BCUT2D eigenvalue weighted by atomic mass is 10.1. The van der Waals surface area contributed by atoms with Gasteiger partial charge in [0.2, 0.25) is 0 Å². The Balaban J connectivity index is 2.35. The summed E-state index contributed by atoms with van der Waals surface area (Å²) in [5.74, 6) is 0.529. The van der Waals surface area contributed by atoms with Crippen molar-refractivity contribution < 1.29 is 0 Å². The third-order valence-electron chi connectivity index (χ3n) is 2.82. The smallest absolute Gasteiger partial charge is 0.163 e. The molecule has 0 spiro atoms. The van der Waals surface area contributed by atoms with Gasteiger partial charge < -0.3 is 5.32 Å². The van der Waals surface area contributed by atoms with E-state index in [1.165, 1.54) is 0 Å². The minimum atomic E-state index is -0.192. The number of allylic oxidation sites excluding steroid dienone is 2. The molecule has 1 N–H and O–H groups in total. The van der Waals surface area contributed by atoms with Crippen LogP contribution in [-0.2, 0) is 0 Å². The molecule has 18 heavy (non-hydrogen) atoms. The van der Waals surface area contributed by atoms with E-state index in [9.17, 15) is 0 Å². The zero-order valence-electron chi connectivity index (χ0n) is 9.64. The summed E-state index contributed by atoms with van der Waals surface area (Å²) in [5, 5.41) is 29.4. The predicted octanol–water partition coefficient (Wildman–Crippen LogP) is 2.80. The Labute approximate surface area is 105 Å². The molecule has 86 valence electrons. The summed E-state index contributed by atoms with van der Waals surface area (Å²) in [5.41, 5.74) is 1.76. The molecule has 0 atom stereocenters. The normalized spacial score (nSPS) is 12.7. The van der Waals surface area contributed by atoms with Gasteiger partial charge >= 0.3 is 0 Å². The van der Waals surface area contributed by atoms with Crippen molar-refractivity contribution in [2.24, 2.45) is 0 Å². The number of hydrogen-bond acceptors (Lipinski definition) is 4. The summed E-state index contributed by atoms with van der Waals surface area (Å²) in [7, 11) is 0. The molecule has 1 aromatic carbocycles. The fraction of sp³-hybridized carbons (Fsp3) is 0.214. The maximum Gasteiger partial charge on any atom is 0.163 e. The average Bonchev–Trinajstić information content (AvgIpc) is 3.23. The van der Waals surface area contributed by atoms with Crippen LogP contribution in [0.3, 0.4) is 0 Å². The van der Waals surface area contributed by atoms with Crippen LogP contribution in [0.2, 0.25) is 0 Å². The van der Waals surface area contributed by atoms with Gasteiger partial charge in [0, 0.05) is 5.69 Å². The highest BCUT2D eigenvalue weighted by atomic mass is 14.9. The Morgan fingerprint density at radius 2 is 1.72 bits per heavy atom. The summed E-state index contributed by atoms with van der Waals surface area (Å²) in [4.78, 5) is 0. The molecule has 0 radical (unpaired) electrons. The van der Waals surface area contributed by atoms with Gasteiger partial charge in [0.1, 0.15) is 23.9 Å². The number of benzene rings is 1. The number of anilines is 1. The SMILES string of the molecule is N#CC(C#N)=C(C#N)Nc1ccccc1C1CC1. The van der Waals surface area contributed by atoms with Gasteiger partial charge in [-0.25, -0.2) is 0 Å². The van der Waals surface area contributed by atoms with E-state index in [1.807, 2.05) is 30.3 Å². The Kier molecular flexibility index (Phi) is 3.28. The second kappa shape index (κ2) is 5.04. The van der Waals surface area contributed by atoms with Crippen LogP contribution in [0.15, 0.2) is 35.5 Å². The van der Waals surface area contributed by atoms with Gasteiger partial charge in [0.25, 0.3) is 0 Å². The van der Waals surface area contributed by atoms with Crippen molar-refractivity contribution in [1.29, 1.82) is 15.8 Å². The van der Waals surface area contributed by atoms with E-state index in [0.717, 1.165) is 24.1 Å². The van der Waals surface area contributed by atoms with Gasteiger partial charge in [0.15, 0.2) is 5.57 Å². The zero-order chi connectivity index (χ0) is 13.0. The predicted molar refractivity (Wildman–Crippen MR) is 65.9 cm³/mol. The van der Waals surface area contributed by atoms with E-state index in [2.05, 4.69) is 5.32 Å². The molecule has 1 aliphatic carbocycles. The molecule has 0 amide bonds. The lowest BCUT2D eigenvalue weighted by molar-refractivity contribution is 1.13. The first kappa shape index (κ1) is 11.7. The number of nitrogens with zero attached hydrogens (tertiary/aromatic N) is 3. The van der Waals surface area contributed by atoms with Gasteiger partial charge in [-0.2, -0.15) is 15.8 Å². The fourth-order valence-electron chi connectivity index (χ4n) is 1.78. The van der Waals surface area contributed by atoms with Crippen LogP contribution >= 0.6 is 0 Å². The number of hydrogen-bond donors (Lipinski definition) is 1. The van der Waals surface area contributed by atoms with Crippen LogP contribution in [0.4, 0.5) is 5.69 Å². The minimum absolute atomic E-state index is 0.00750. The number of nitriles is 3. The van der Waals surface area contributed by atoms with Crippen molar-refractivity contribution in [1.82, 2.24) is 0 Å². The van der Waals surface area contributed by atoms with Crippen molar-refractivity contribution in [2.75, 3.05) is 5.32 Å². The molecule has 0 saturated heterocycles. The van der Waals surface area contributed by atoms with E-state index < -0.39 is 0 Å². The molecule has 0 unspecified atom stereocenters. The lowest BCUT2D eigenvalue weighted by Crippen LogP contribution is -2.02.